The molecule has 0 rings (SSSR count). The van der Waals surface area contributed by atoms with Crippen LogP contribution in [0.3, 0.4) is 0 Å². The van der Waals surface area contributed by atoms with E-state index in [-0.39, 0.29) is 0 Å². The number of isocyanates is 1. The molecule has 0 aromatic heterocycles. The molecule has 0 bridgehead atoms. The van der Waals surface area contributed by atoms with E-state index in [9.17, 15) is 4.79 Å². The Kier molecular flexibility index (Phi) is 10.4. The van der Waals surface area contributed by atoms with E-state index in [0.717, 1.165) is 11.7 Å². The second-order valence-electron chi connectivity index (χ2n) is 2.50. The van der Waals surface area contributed by atoms with Crippen LogP contribution in [0.1, 0.15) is 27.7 Å². The van der Waals surface area contributed by atoms with Crippen molar-refractivity contribution < 1.29 is 19.4 Å². The van der Waals surface area contributed by atoms with Crippen LogP contribution in [-0.4, -0.2) is 18.7 Å². The lowest BCUT2D eigenvalue weighted by Crippen LogP contribution is -2.07. The summed E-state index contributed by atoms with van der Waals surface area (Å²) in [5.41, 5.74) is 1.54. The normalized spacial score (nSPS) is 7.71. The van der Waals surface area contributed by atoms with Gasteiger partial charge in [-0.2, -0.15) is 4.89 Å². The minimum atomic E-state index is -0.410. The first kappa shape index (κ1) is 15.0. The van der Waals surface area contributed by atoms with Gasteiger partial charge in [0, 0.05) is 5.57 Å². The largest absolute Gasteiger partial charge is 0.368 e. The predicted molar refractivity (Wildman–Crippen MR) is 50.2 cm³/mol. The van der Waals surface area contributed by atoms with Crippen LogP contribution >= 0.6 is 0 Å². The average molecular weight is 201 g/mol. The number of allylic oxidation sites excluding steroid dienone is 1. The molecule has 0 spiro atoms. The Labute approximate surface area is 83.1 Å². The van der Waals surface area contributed by atoms with Gasteiger partial charge in [0.25, 0.3) is 0 Å². The first-order chi connectivity index (χ1) is 6.51. The molecule has 0 aliphatic carbocycles. The molecule has 0 saturated carbocycles. The molecule has 0 saturated heterocycles. The Morgan fingerprint density at radius 2 is 1.79 bits per heavy atom. The van der Waals surface area contributed by atoms with Gasteiger partial charge in [-0.25, -0.2) is 15.0 Å². The van der Waals surface area contributed by atoms with Crippen LogP contribution in [0.5, 0.6) is 0 Å². The minimum absolute atomic E-state index is 0.377. The monoisotopic (exact) mass is 201 g/mol. The number of rotatable bonds is 3. The topological polar surface area (TPSA) is 76.5 Å². The third-order valence-electron chi connectivity index (χ3n) is 1.31. The lowest BCUT2D eigenvalue weighted by atomic mass is 10.2. The third-order valence-corrected chi connectivity index (χ3v) is 1.31. The third kappa shape index (κ3) is 8.64. The predicted octanol–water partition coefficient (Wildman–Crippen LogP) is 1.74. The molecule has 0 aliphatic rings. The molecular formula is C9H15NO4. The number of carbonyl (C=O) groups is 1. The van der Waals surface area contributed by atoms with Gasteiger partial charge in [0.2, 0.25) is 6.08 Å². The zero-order valence-corrected chi connectivity index (χ0v) is 8.84. The van der Waals surface area contributed by atoms with Crippen molar-refractivity contribution in [3.05, 3.63) is 11.1 Å². The number of nitrogens with one attached hydrogen (secondary N) is 1. The molecule has 0 heterocycles. The van der Waals surface area contributed by atoms with E-state index in [1.165, 1.54) is 0 Å². The van der Waals surface area contributed by atoms with E-state index in [1.54, 1.807) is 13.8 Å². The summed E-state index contributed by atoms with van der Waals surface area (Å²) >= 11 is 0. The second-order valence-corrected chi connectivity index (χ2v) is 2.50. The summed E-state index contributed by atoms with van der Waals surface area (Å²) in [5, 5.41) is 5.40. The molecule has 0 fully saturated rings. The van der Waals surface area contributed by atoms with Crippen molar-refractivity contribution in [1.82, 2.24) is 0 Å². The van der Waals surface area contributed by atoms with Crippen LogP contribution in [0.2, 0.25) is 0 Å². The Morgan fingerprint density at radius 3 is 2.07 bits per heavy atom. The maximum absolute atomic E-state index is 10.9. The molecule has 5 nitrogen and oxygen atoms in total. The second kappa shape index (κ2) is 9.64. The van der Waals surface area contributed by atoms with Crippen molar-refractivity contribution in [3.8, 4) is 0 Å². The van der Waals surface area contributed by atoms with Crippen molar-refractivity contribution in [3.63, 3.8) is 0 Å². The molecule has 0 aromatic rings. The van der Waals surface area contributed by atoms with E-state index in [2.05, 4.69) is 9.78 Å². The first-order valence-electron chi connectivity index (χ1n) is 4.02. The van der Waals surface area contributed by atoms with Gasteiger partial charge in [0.1, 0.15) is 0 Å². The highest BCUT2D eigenvalue weighted by molar-refractivity contribution is 5.87. The minimum Gasteiger partial charge on any atom is -0.293 e. The van der Waals surface area contributed by atoms with Gasteiger partial charge in [0.15, 0.2) is 0 Å². The first-order valence-corrected chi connectivity index (χ1v) is 4.02. The Hall–Kier alpha value is -1.45. The fourth-order valence-electron chi connectivity index (χ4n) is 0.379. The number of carbonyl (C=O) groups excluding carboxylic acids is 2. The van der Waals surface area contributed by atoms with E-state index in [4.69, 9.17) is 10.2 Å². The van der Waals surface area contributed by atoms with Crippen molar-refractivity contribution in [2.75, 3.05) is 6.61 Å². The molecule has 0 aliphatic heterocycles. The molecule has 0 unspecified atom stereocenters. The van der Waals surface area contributed by atoms with Gasteiger partial charge >= 0.3 is 5.97 Å². The highest BCUT2D eigenvalue weighted by Gasteiger charge is 2.06. The molecule has 1 N–H and O–H groups in total. The molecule has 0 amide bonds. The van der Waals surface area contributed by atoms with Gasteiger partial charge in [0.05, 0.1) is 6.61 Å². The van der Waals surface area contributed by atoms with Crippen LogP contribution in [0, 0.1) is 5.41 Å². The van der Waals surface area contributed by atoms with E-state index in [0.29, 0.717) is 12.2 Å². The SMILES string of the molecule is CCOOC(=O)C(C)=C(C)C.N=C=O. The zero-order valence-electron chi connectivity index (χ0n) is 8.84. The van der Waals surface area contributed by atoms with Crippen LogP contribution in [0.15, 0.2) is 11.1 Å². The maximum Gasteiger partial charge on any atom is 0.368 e. The lowest BCUT2D eigenvalue weighted by molar-refractivity contribution is -0.265. The highest BCUT2D eigenvalue weighted by Crippen LogP contribution is 2.03. The number of hydrogen-bond donors (Lipinski definition) is 1. The molecular weight excluding hydrogens is 186 g/mol. The van der Waals surface area contributed by atoms with Crippen LogP contribution < -0.4 is 0 Å². The molecule has 14 heavy (non-hydrogen) atoms. The smallest absolute Gasteiger partial charge is 0.293 e. The highest BCUT2D eigenvalue weighted by atomic mass is 17.2. The Bertz CT molecular complexity index is 235. The molecule has 0 radical (unpaired) electrons. The fraction of sp³-hybridized carbons (Fsp3) is 0.556. The maximum atomic E-state index is 10.9. The molecule has 5 heteroatoms. The zero-order chi connectivity index (χ0) is 11.6. The quantitative estimate of drug-likeness (QED) is 0.248. The number of hydrogen-bond acceptors (Lipinski definition) is 5. The lowest BCUT2D eigenvalue weighted by Gasteiger charge is -2.02. The van der Waals surface area contributed by atoms with E-state index >= 15 is 0 Å². The van der Waals surface area contributed by atoms with Gasteiger partial charge in [-0.1, -0.05) is 5.57 Å². The molecule has 0 atom stereocenters. The van der Waals surface area contributed by atoms with Crippen LogP contribution in [-0.2, 0) is 19.4 Å². The van der Waals surface area contributed by atoms with E-state index in [1.807, 2.05) is 13.8 Å². The molecule has 0 aromatic carbocycles. The summed E-state index contributed by atoms with van der Waals surface area (Å²) in [4.78, 5) is 28.2. The van der Waals surface area contributed by atoms with Crippen molar-refractivity contribution in [1.29, 1.82) is 5.41 Å². The summed E-state index contributed by atoms with van der Waals surface area (Å²) in [6, 6.07) is 0. The van der Waals surface area contributed by atoms with Gasteiger partial charge < -0.3 is 0 Å². The van der Waals surface area contributed by atoms with Crippen molar-refractivity contribution in [2.24, 2.45) is 0 Å². The van der Waals surface area contributed by atoms with Crippen LogP contribution in [0.25, 0.3) is 0 Å². The van der Waals surface area contributed by atoms with Gasteiger partial charge in [-0.05, 0) is 27.7 Å². The van der Waals surface area contributed by atoms with Crippen molar-refractivity contribution in [2.45, 2.75) is 27.7 Å². The molecule has 80 valence electrons. The van der Waals surface area contributed by atoms with Crippen LogP contribution in [0.4, 0.5) is 0 Å². The van der Waals surface area contributed by atoms with Gasteiger partial charge in [-0.3, -0.25) is 4.89 Å². The van der Waals surface area contributed by atoms with E-state index < -0.39 is 5.97 Å². The summed E-state index contributed by atoms with van der Waals surface area (Å²) in [6.07, 6.45) is 0.750. The summed E-state index contributed by atoms with van der Waals surface area (Å²) in [7, 11) is 0. The summed E-state index contributed by atoms with van der Waals surface area (Å²) in [5.74, 6) is -0.410. The summed E-state index contributed by atoms with van der Waals surface area (Å²) < 4.78 is 0. The average Bonchev–Trinajstić information content (AvgIpc) is 2.14. The standard InChI is InChI=1S/C8H14O3.CHNO/c1-5-10-11-8(9)7(4)6(2)3;2-1-3/h5H2,1-4H3;2H. The Morgan fingerprint density at radius 1 is 1.36 bits per heavy atom. The fourth-order valence-corrected chi connectivity index (χ4v) is 0.379. The van der Waals surface area contributed by atoms with Crippen molar-refractivity contribution >= 4 is 12.0 Å². The Balaban J connectivity index is 0. The van der Waals surface area contributed by atoms with Gasteiger partial charge in [-0.15, -0.1) is 0 Å². The summed E-state index contributed by atoms with van der Waals surface area (Å²) in [6.45, 7) is 7.54.